The number of hydrogen-bond acceptors (Lipinski definition) is 5. The molecule has 4 aromatic rings. The Balaban J connectivity index is 1.61. The molecule has 0 spiro atoms. The molecule has 144 valence electrons. The van der Waals surface area contributed by atoms with Crippen LogP contribution in [0.1, 0.15) is 20.8 Å². The van der Waals surface area contributed by atoms with Gasteiger partial charge in [0, 0.05) is 22.0 Å². The number of nitrogens with one attached hydrogen (secondary N) is 1. The molecule has 4 rings (SSSR count). The van der Waals surface area contributed by atoms with Crippen LogP contribution in [-0.2, 0) is 0 Å². The standard InChI is InChI=1S/C21H13ClN2O4S/c22-14-8-6-13(7-9-14)19-18(21(26)27)16(11-29-19)23-20(25)15-10-17(28-24-15)12-4-2-1-3-5-12/h1-11H,(H,23,25)(H,26,27). The minimum absolute atomic E-state index is 0.0115. The Labute approximate surface area is 174 Å². The first kappa shape index (κ1) is 18.9. The number of carboxylic acid groups (broad SMARTS) is 1. The molecule has 1 amide bonds. The van der Waals surface area contributed by atoms with Gasteiger partial charge in [-0.3, -0.25) is 4.79 Å². The number of carbonyl (C=O) groups excluding carboxylic acids is 1. The molecular weight excluding hydrogens is 412 g/mol. The summed E-state index contributed by atoms with van der Waals surface area (Å²) in [4.78, 5) is 25.0. The lowest BCUT2D eigenvalue weighted by Gasteiger charge is -2.05. The van der Waals surface area contributed by atoms with Crippen molar-refractivity contribution in [3.05, 3.63) is 82.3 Å². The molecule has 29 heavy (non-hydrogen) atoms. The summed E-state index contributed by atoms with van der Waals surface area (Å²) in [7, 11) is 0. The first-order chi connectivity index (χ1) is 14.0. The van der Waals surface area contributed by atoms with E-state index in [0.29, 0.717) is 21.2 Å². The summed E-state index contributed by atoms with van der Waals surface area (Å²) >= 11 is 7.12. The normalized spacial score (nSPS) is 10.7. The monoisotopic (exact) mass is 424 g/mol. The van der Waals surface area contributed by atoms with E-state index in [1.165, 1.54) is 17.4 Å². The molecule has 2 aromatic heterocycles. The Morgan fingerprint density at radius 1 is 1.03 bits per heavy atom. The van der Waals surface area contributed by atoms with E-state index in [1.807, 2.05) is 30.3 Å². The third-order valence-electron chi connectivity index (χ3n) is 4.16. The van der Waals surface area contributed by atoms with Crippen molar-refractivity contribution in [2.24, 2.45) is 0 Å². The average Bonchev–Trinajstić information content (AvgIpc) is 3.37. The van der Waals surface area contributed by atoms with Gasteiger partial charge in [0.2, 0.25) is 0 Å². The van der Waals surface area contributed by atoms with E-state index < -0.39 is 11.9 Å². The number of aromatic nitrogens is 1. The molecule has 8 heteroatoms. The van der Waals surface area contributed by atoms with Crippen LogP contribution in [0, 0.1) is 0 Å². The van der Waals surface area contributed by atoms with Crippen LogP contribution in [0.15, 0.2) is 70.6 Å². The van der Waals surface area contributed by atoms with E-state index in [0.717, 1.165) is 5.56 Å². The van der Waals surface area contributed by atoms with Crippen LogP contribution in [0.4, 0.5) is 5.69 Å². The number of anilines is 1. The molecule has 0 aliphatic rings. The lowest BCUT2D eigenvalue weighted by atomic mass is 10.1. The van der Waals surface area contributed by atoms with Crippen molar-refractivity contribution >= 4 is 40.5 Å². The summed E-state index contributed by atoms with van der Waals surface area (Å²) in [6, 6.07) is 17.6. The molecule has 0 bridgehead atoms. The maximum absolute atomic E-state index is 12.6. The summed E-state index contributed by atoms with van der Waals surface area (Å²) < 4.78 is 5.24. The van der Waals surface area contributed by atoms with Crippen molar-refractivity contribution in [2.75, 3.05) is 5.32 Å². The predicted octanol–water partition coefficient (Wildman–Crippen LogP) is 5.67. The van der Waals surface area contributed by atoms with Crippen molar-refractivity contribution in [2.45, 2.75) is 0 Å². The van der Waals surface area contributed by atoms with Gasteiger partial charge in [-0.05, 0) is 17.7 Å². The molecule has 0 saturated carbocycles. The Kier molecular flexibility index (Phi) is 5.16. The molecule has 6 nitrogen and oxygen atoms in total. The van der Waals surface area contributed by atoms with Crippen molar-refractivity contribution in [3.8, 4) is 21.8 Å². The van der Waals surface area contributed by atoms with Gasteiger partial charge in [0.1, 0.15) is 5.56 Å². The maximum Gasteiger partial charge on any atom is 0.339 e. The SMILES string of the molecule is O=C(Nc1csc(-c2ccc(Cl)cc2)c1C(=O)O)c1cc(-c2ccccc2)on1. The smallest absolute Gasteiger partial charge is 0.339 e. The first-order valence-electron chi connectivity index (χ1n) is 8.47. The molecule has 2 N–H and O–H groups in total. The molecule has 2 heterocycles. The van der Waals surface area contributed by atoms with Gasteiger partial charge in [-0.1, -0.05) is 59.2 Å². The Morgan fingerprint density at radius 2 is 1.76 bits per heavy atom. The van der Waals surface area contributed by atoms with Crippen LogP contribution in [-0.4, -0.2) is 22.1 Å². The van der Waals surface area contributed by atoms with Gasteiger partial charge in [-0.25, -0.2) is 4.79 Å². The lowest BCUT2D eigenvalue weighted by molar-refractivity contribution is 0.0699. The summed E-state index contributed by atoms with van der Waals surface area (Å²) in [5.41, 5.74) is 1.74. The van der Waals surface area contributed by atoms with Gasteiger partial charge in [-0.2, -0.15) is 0 Å². The Morgan fingerprint density at radius 3 is 2.45 bits per heavy atom. The van der Waals surface area contributed by atoms with Crippen LogP contribution in [0.25, 0.3) is 21.8 Å². The molecule has 0 unspecified atom stereocenters. The van der Waals surface area contributed by atoms with Gasteiger partial charge in [0.05, 0.1) is 10.6 Å². The highest BCUT2D eigenvalue weighted by molar-refractivity contribution is 7.14. The maximum atomic E-state index is 12.6. The number of halogens is 1. The highest BCUT2D eigenvalue weighted by Crippen LogP contribution is 2.36. The van der Waals surface area contributed by atoms with Crippen molar-refractivity contribution in [3.63, 3.8) is 0 Å². The second-order valence-corrected chi connectivity index (χ2v) is 7.38. The number of aromatic carboxylic acids is 1. The molecule has 0 saturated heterocycles. The zero-order chi connectivity index (χ0) is 20.4. The van der Waals surface area contributed by atoms with Gasteiger partial charge in [0.15, 0.2) is 11.5 Å². The summed E-state index contributed by atoms with van der Waals surface area (Å²) in [6.07, 6.45) is 0. The number of thiophene rings is 1. The van der Waals surface area contributed by atoms with Crippen LogP contribution in [0.3, 0.4) is 0 Å². The number of hydrogen-bond donors (Lipinski definition) is 2. The molecule has 2 aromatic carbocycles. The third-order valence-corrected chi connectivity index (χ3v) is 5.44. The predicted molar refractivity (Wildman–Crippen MR) is 112 cm³/mol. The second kappa shape index (κ2) is 7.90. The van der Waals surface area contributed by atoms with Crippen LogP contribution < -0.4 is 5.32 Å². The minimum Gasteiger partial charge on any atom is -0.478 e. The van der Waals surface area contributed by atoms with E-state index in [-0.39, 0.29) is 16.9 Å². The second-order valence-electron chi connectivity index (χ2n) is 6.06. The molecule has 0 aliphatic carbocycles. The highest BCUT2D eigenvalue weighted by atomic mass is 35.5. The van der Waals surface area contributed by atoms with E-state index >= 15 is 0 Å². The summed E-state index contributed by atoms with van der Waals surface area (Å²) in [5, 5.41) is 18.2. The first-order valence-corrected chi connectivity index (χ1v) is 9.73. The quantitative estimate of drug-likeness (QED) is 0.430. The van der Waals surface area contributed by atoms with E-state index in [9.17, 15) is 14.7 Å². The Bertz CT molecular complexity index is 1180. The zero-order valence-corrected chi connectivity index (χ0v) is 16.3. The lowest BCUT2D eigenvalue weighted by Crippen LogP contribution is -2.14. The Hall–Kier alpha value is -3.42. The number of carbonyl (C=O) groups is 2. The summed E-state index contributed by atoms with van der Waals surface area (Å²) in [6.45, 7) is 0. The molecule has 0 atom stereocenters. The van der Waals surface area contributed by atoms with Crippen molar-refractivity contribution in [1.82, 2.24) is 5.16 Å². The topological polar surface area (TPSA) is 92.4 Å². The fraction of sp³-hybridized carbons (Fsp3) is 0. The third kappa shape index (κ3) is 3.91. The largest absolute Gasteiger partial charge is 0.478 e. The van der Waals surface area contributed by atoms with E-state index in [1.54, 1.807) is 29.6 Å². The number of benzene rings is 2. The summed E-state index contributed by atoms with van der Waals surface area (Å²) in [5.74, 6) is -1.25. The number of amides is 1. The van der Waals surface area contributed by atoms with Crippen molar-refractivity contribution < 1.29 is 19.2 Å². The van der Waals surface area contributed by atoms with Crippen LogP contribution in [0.2, 0.25) is 5.02 Å². The zero-order valence-electron chi connectivity index (χ0n) is 14.8. The van der Waals surface area contributed by atoms with Crippen LogP contribution in [0.5, 0.6) is 0 Å². The number of carboxylic acids is 1. The highest BCUT2D eigenvalue weighted by Gasteiger charge is 2.23. The fourth-order valence-corrected chi connectivity index (χ4v) is 3.91. The molecular formula is C21H13ClN2O4S. The average molecular weight is 425 g/mol. The van der Waals surface area contributed by atoms with Crippen LogP contribution >= 0.6 is 22.9 Å². The molecule has 0 aliphatic heterocycles. The van der Waals surface area contributed by atoms with Gasteiger partial charge in [-0.15, -0.1) is 11.3 Å². The number of rotatable bonds is 5. The van der Waals surface area contributed by atoms with Gasteiger partial charge in [0.25, 0.3) is 5.91 Å². The van der Waals surface area contributed by atoms with Gasteiger partial charge >= 0.3 is 5.97 Å². The van der Waals surface area contributed by atoms with E-state index in [4.69, 9.17) is 16.1 Å². The minimum atomic E-state index is -1.14. The molecule has 0 fully saturated rings. The fourth-order valence-electron chi connectivity index (χ4n) is 2.78. The van der Waals surface area contributed by atoms with E-state index in [2.05, 4.69) is 10.5 Å². The number of nitrogens with zero attached hydrogens (tertiary/aromatic N) is 1. The molecule has 0 radical (unpaired) electrons. The van der Waals surface area contributed by atoms with Gasteiger partial charge < -0.3 is 14.9 Å². The van der Waals surface area contributed by atoms with Crippen molar-refractivity contribution in [1.29, 1.82) is 0 Å².